The van der Waals surface area contributed by atoms with Crippen molar-refractivity contribution in [2.45, 2.75) is 6.92 Å². The number of hydrogen-bond donors (Lipinski definition) is 0. The predicted molar refractivity (Wildman–Crippen MR) is 52.9 cm³/mol. The van der Waals surface area contributed by atoms with Gasteiger partial charge in [0.05, 0.1) is 16.4 Å². The van der Waals surface area contributed by atoms with Crippen LogP contribution in [0.15, 0.2) is 18.2 Å². The number of ketones is 1. The van der Waals surface area contributed by atoms with Gasteiger partial charge in [-0.15, -0.1) is 11.6 Å². The van der Waals surface area contributed by atoms with Crippen LogP contribution < -0.4 is 0 Å². The lowest BCUT2D eigenvalue weighted by molar-refractivity contribution is -0.385. The Bertz CT molecular complexity index is 390. The van der Waals surface area contributed by atoms with Crippen LogP contribution in [0, 0.1) is 17.0 Å². The van der Waals surface area contributed by atoms with Gasteiger partial charge in [0, 0.05) is 6.07 Å². The van der Waals surface area contributed by atoms with Gasteiger partial charge in [0.2, 0.25) is 0 Å². The van der Waals surface area contributed by atoms with Gasteiger partial charge in [-0.1, -0.05) is 6.07 Å². The van der Waals surface area contributed by atoms with Crippen molar-refractivity contribution >= 4 is 23.1 Å². The van der Waals surface area contributed by atoms with E-state index in [1.165, 1.54) is 12.1 Å². The second-order valence-corrected chi connectivity index (χ2v) is 3.10. The van der Waals surface area contributed by atoms with E-state index in [0.717, 1.165) is 5.56 Å². The highest BCUT2D eigenvalue weighted by molar-refractivity contribution is 6.31. The van der Waals surface area contributed by atoms with Crippen molar-refractivity contribution in [3.63, 3.8) is 0 Å². The number of hydrogen-bond acceptors (Lipinski definition) is 3. The Labute approximate surface area is 85.6 Å². The summed E-state index contributed by atoms with van der Waals surface area (Å²) in [7, 11) is 0. The smallest absolute Gasteiger partial charge is 0.280 e. The number of aryl methyl sites for hydroxylation is 1. The Morgan fingerprint density at radius 1 is 1.57 bits per heavy atom. The molecule has 0 N–H and O–H groups in total. The van der Waals surface area contributed by atoms with Gasteiger partial charge in [-0.25, -0.2) is 0 Å². The average Bonchev–Trinajstić information content (AvgIpc) is 2.16. The number of nitrogens with zero attached hydrogens (tertiary/aromatic N) is 1. The highest BCUT2D eigenvalue weighted by Crippen LogP contribution is 2.20. The first kappa shape index (κ1) is 10.7. The number of carbonyl (C=O) groups is 1. The van der Waals surface area contributed by atoms with Crippen molar-refractivity contribution in [3.05, 3.63) is 39.4 Å². The van der Waals surface area contributed by atoms with E-state index in [2.05, 4.69) is 0 Å². The van der Waals surface area contributed by atoms with E-state index in [9.17, 15) is 14.9 Å². The number of Topliss-reactive ketones (excluding diaryl/α,β-unsaturated/α-hetero) is 1. The van der Waals surface area contributed by atoms with Crippen LogP contribution in [0.1, 0.15) is 15.9 Å². The summed E-state index contributed by atoms with van der Waals surface area (Å²) in [5.74, 6) is -0.674. The minimum Gasteiger partial charge on any atom is -0.293 e. The van der Waals surface area contributed by atoms with Gasteiger partial charge in [-0.2, -0.15) is 0 Å². The van der Waals surface area contributed by atoms with E-state index >= 15 is 0 Å². The SMILES string of the molecule is Cc1ccc([N+](=O)[O-])c(C(=O)CCl)c1. The molecular weight excluding hydrogens is 206 g/mol. The lowest BCUT2D eigenvalue weighted by atomic mass is 10.1. The molecule has 1 aromatic carbocycles. The standard InChI is InChI=1S/C9H8ClNO3/c1-6-2-3-8(11(13)14)7(4-6)9(12)5-10/h2-4H,5H2,1H3. The number of carbonyl (C=O) groups excluding carboxylic acids is 1. The minimum absolute atomic E-state index is 0.0741. The molecule has 1 rings (SSSR count). The zero-order valence-electron chi connectivity index (χ0n) is 7.49. The maximum Gasteiger partial charge on any atom is 0.280 e. The summed E-state index contributed by atoms with van der Waals surface area (Å²) in [6.45, 7) is 1.76. The van der Waals surface area contributed by atoms with Crippen molar-refractivity contribution in [3.8, 4) is 0 Å². The molecule has 0 saturated heterocycles. The van der Waals surface area contributed by atoms with E-state index in [1.54, 1.807) is 13.0 Å². The average molecular weight is 214 g/mol. The van der Waals surface area contributed by atoms with Crippen LogP contribution in [0.2, 0.25) is 0 Å². The maximum absolute atomic E-state index is 11.3. The Kier molecular flexibility index (Phi) is 3.19. The van der Waals surface area contributed by atoms with E-state index in [4.69, 9.17) is 11.6 Å². The fourth-order valence-corrected chi connectivity index (χ4v) is 1.25. The number of nitro groups is 1. The number of rotatable bonds is 3. The molecule has 74 valence electrons. The Morgan fingerprint density at radius 3 is 2.71 bits per heavy atom. The second kappa shape index (κ2) is 4.19. The van der Waals surface area contributed by atoms with Gasteiger partial charge < -0.3 is 0 Å². The van der Waals surface area contributed by atoms with Gasteiger partial charge in [-0.3, -0.25) is 14.9 Å². The molecule has 0 aliphatic heterocycles. The van der Waals surface area contributed by atoms with E-state index < -0.39 is 10.7 Å². The number of nitro benzene ring substituents is 1. The molecule has 0 bridgehead atoms. The monoisotopic (exact) mass is 213 g/mol. The second-order valence-electron chi connectivity index (χ2n) is 2.83. The zero-order chi connectivity index (χ0) is 10.7. The molecule has 14 heavy (non-hydrogen) atoms. The molecule has 0 spiro atoms. The summed E-state index contributed by atoms with van der Waals surface area (Å²) in [6.07, 6.45) is 0. The Hall–Kier alpha value is -1.42. The molecule has 0 radical (unpaired) electrons. The van der Waals surface area contributed by atoms with Gasteiger partial charge in [0.15, 0.2) is 5.78 Å². The van der Waals surface area contributed by atoms with E-state index in [-0.39, 0.29) is 17.1 Å². The highest BCUT2D eigenvalue weighted by atomic mass is 35.5. The van der Waals surface area contributed by atoms with Crippen molar-refractivity contribution < 1.29 is 9.72 Å². The predicted octanol–water partition coefficient (Wildman–Crippen LogP) is 2.32. The third kappa shape index (κ3) is 2.09. The quantitative estimate of drug-likeness (QED) is 0.335. The summed E-state index contributed by atoms with van der Waals surface area (Å²) >= 11 is 5.34. The molecule has 0 amide bonds. The summed E-state index contributed by atoms with van der Waals surface area (Å²) in [5, 5.41) is 10.6. The van der Waals surface area contributed by atoms with Crippen molar-refractivity contribution in [1.29, 1.82) is 0 Å². The summed E-state index contributed by atoms with van der Waals surface area (Å²) < 4.78 is 0. The van der Waals surface area contributed by atoms with Crippen molar-refractivity contribution in [2.75, 3.05) is 5.88 Å². The van der Waals surface area contributed by atoms with Crippen molar-refractivity contribution in [2.24, 2.45) is 0 Å². The zero-order valence-corrected chi connectivity index (χ0v) is 8.25. The topological polar surface area (TPSA) is 60.2 Å². The molecule has 0 heterocycles. The first-order valence-electron chi connectivity index (χ1n) is 3.90. The van der Waals surface area contributed by atoms with Crippen LogP contribution >= 0.6 is 11.6 Å². The molecule has 4 nitrogen and oxygen atoms in total. The fraction of sp³-hybridized carbons (Fsp3) is 0.222. The maximum atomic E-state index is 11.3. The lowest BCUT2D eigenvalue weighted by Crippen LogP contribution is -2.05. The lowest BCUT2D eigenvalue weighted by Gasteiger charge is -2.00. The van der Waals surface area contributed by atoms with Gasteiger partial charge in [0.1, 0.15) is 0 Å². The van der Waals surface area contributed by atoms with Crippen LogP contribution in [-0.4, -0.2) is 16.6 Å². The number of benzene rings is 1. The van der Waals surface area contributed by atoms with Crippen LogP contribution in [0.25, 0.3) is 0 Å². The fourth-order valence-electron chi connectivity index (χ4n) is 1.10. The first-order chi connectivity index (χ1) is 6.56. The molecular formula is C9H8ClNO3. The van der Waals surface area contributed by atoms with E-state index in [1.807, 2.05) is 0 Å². The molecule has 0 aliphatic rings. The van der Waals surface area contributed by atoms with Crippen molar-refractivity contribution in [1.82, 2.24) is 0 Å². The molecule has 1 aromatic rings. The molecule has 0 aromatic heterocycles. The first-order valence-corrected chi connectivity index (χ1v) is 4.44. The van der Waals surface area contributed by atoms with Crippen LogP contribution in [0.5, 0.6) is 0 Å². The summed E-state index contributed by atoms with van der Waals surface area (Å²) in [5.41, 5.74) is 0.676. The molecule has 0 unspecified atom stereocenters. The Balaban J connectivity index is 3.29. The normalized spacial score (nSPS) is 9.86. The molecule has 5 heteroatoms. The third-order valence-electron chi connectivity index (χ3n) is 1.77. The summed E-state index contributed by atoms with van der Waals surface area (Å²) in [6, 6.07) is 4.38. The third-order valence-corrected chi connectivity index (χ3v) is 2.01. The van der Waals surface area contributed by atoms with Gasteiger partial charge in [-0.05, 0) is 18.6 Å². The largest absolute Gasteiger partial charge is 0.293 e. The molecule has 0 aliphatic carbocycles. The van der Waals surface area contributed by atoms with Gasteiger partial charge in [0.25, 0.3) is 5.69 Å². The molecule has 0 atom stereocenters. The van der Waals surface area contributed by atoms with Crippen LogP contribution in [0.4, 0.5) is 5.69 Å². The van der Waals surface area contributed by atoms with Crippen LogP contribution in [-0.2, 0) is 0 Å². The van der Waals surface area contributed by atoms with Gasteiger partial charge >= 0.3 is 0 Å². The summed E-state index contributed by atoms with van der Waals surface area (Å²) in [4.78, 5) is 21.2. The number of halogens is 1. The molecule has 0 fully saturated rings. The van der Waals surface area contributed by atoms with E-state index in [0.29, 0.717) is 0 Å². The molecule has 0 saturated carbocycles. The Morgan fingerprint density at radius 2 is 2.21 bits per heavy atom. The highest BCUT2D eigenvalue weighted by Gasteiger charge is 2.18. The number of alkyl halides is 1. The minimum atomic E-state index is -0.584. The van der Waals surface area contributed by atoms with Crippen LogP contribution in [0.3, 0.4) is 0 Å².